The summed E-state index contributed by atoms with van der Waals surface area (Å²) in [6, 6.07) is 10.1. The van der Waals surface area contributed by atoms with E-state index in [1.54, 1.807) is 42.6 Å². The summed E-state index contributed by atoms with van der Waals surface area (Å²) >= 11 is 0. The maximum Gasteiger partial charge on any atom is 0.337 e. The zero-order valence-electron chi connectivity index (χ0n) is 14.3. The van der Waals surface area contributed by atoms with Crippen LogP contribution in [0.3, 0.4) is 0 Å². The molecule has 9 nitrogen and oxygen atoms in total. The average Bonchev–Trinajstić information content (AvgIpc) is 3.21. The highest BCUT2D eigenvalue weighted by Gasteiger charge is 2.15. The Kier molecular flexibility index (Phi) is 4.17. The highest BCUT2D eigenvalue weighted by Crippen LogP contribution is 2.16. The molecule has 4 aromatic rings. The van der Waals surface area contributed by atoms with E-state index in [0.717, 1.165) is 0 Å². The average molecular weight is 362 g/mol. The molecule has 3 heterocycles. The number of carbonyl (C=O) groups is 1. The SMILES string of the molecule is COC(=O)c1cccc(-n2c(=O)c(Cn3cncn3)nc3cccnc32)c1. The summed E-state index contributed by atoms with van der Waals surface area (Å²) in [4.78, 5) is 37.6. The van der Waals surface area contributed by atoms with Crippen molar-refractivity contribution in [2.75, 3.05) is 7.11 Å². The number of ether oxygens (including phenoxy) is 1. The van der Waals surface area contributed by atoms with Crippen molar-refractivity contribution in [3.05, 3.63) is 76.9 Å². The van der Waals surface area contributed by atoms with Crippen LogP contribution in [0.15, 0.2) is 60.0 Å². The molecule has 0 amide bonds. The molecule has 1 aromatic carbocycles. The number of nitrogens with zero attached hydrogens (tertiary/aromatic N) is 6. The Hall–Kier alpha value is -3.88. The van der Waals surface area contributed by atoms with Gasteiger partial charge in [0.15, 0.2) is 5.65 Å². The minimum Gasteiger partial charge on any atom is -0.465 e. The Morgan fingerprint density at radius 2 is 2.11 bits per heavy atom. The number of benzene rings is 1. The molecule has 0 fully saturated rings. The Bertz CT molecular complexity index is 1180. The standard InChI is InChI=1S/C18H14N6O3/c1-27-18(26)12-4-2-5-13(8-12)24-16-14(6-3-7-20-16)22-15(17(24)25)9-23-11-19-10-21-23/h2-8,10-11H,9H2,1H3. The predicted molar refractivity (Wildman–Crippen MR) is 95.6 cm³/mol. The van der Waals surface area contributed by atoms with Crippen LogP contribution in [0.25, 0.3) is 16.9 Å². The van der Waals surface area contributed by atoms with Crippen molar-refractivity contribution in [1.82, 2.24) is 29.3 Å². The lowest BCUT2D eigenvalue weighted by Crippen LogP contribution is -2.27. The molecule has 0 bridgehead atoms. The molecule has 0 unspecified atom stereocenters. The van der Waals surface area contributed by atoms with Gasteiger partial charge in [0, 0.05) is 6.20 Å². The van der Waals surface area contributed by atoms with Crippen LogP contribution >= 0.6 is 0 Å². The molecule has 9 heteroatoms. The van der Waals surface area contributed by atoms with Gasteiger partial charge in [0.1, 0.15) is 23.9 Å². The fraction of sp³-hybridized carbons (Fsp3) is 0.111. The lowest BCUT2D eigenvalue weighted by molar-refractivity contribution is 0.0600. The van der Waals surface area contributed by atoms with Gasteiger partial charge >= 0.3 is 5.97 Å². The zero-order valence-corrected chi connectivity index (χ0v) is 14.3. The highest BCUT2D eigenvalue weighted by atomic mass is 16.5. The van der Waals surface area contributed by atoms with Gasteiger partial charge in [-0.1, -0.05) is 6.07 Å². The Morgan fingerprint density at radius 3 is 2.89 bits per heavy atom. The summed E-state index contributed by atoms with van der Waals surface area (Å²) in [5, 5.41) is 4.02. The molecule has 0 aliphatic heterocycles. The predicted octanol–water partition coefficient (Wildman–Crippen LogP) is 1.21. The monoisotopic (exact) mass is 362 g/mol. The number of methoxy groups -OCH3 is 1. The van der Waals surface area contributed by atoms with E-state index >= 15 is 0 Å². The third-order valence-electron chi connectivity index (χ3n) is 3.99. The van der Waals surface area contributed by atoms with Gasteiger partial charge < -0.3 is 4.74 Å². The van der Waals surface area contributed by atoms with Crippen LogP contribution in [0, 0.1) is 0 Å². The summed E-state index contributed by atoms with van der Waals surface area (Å²) in [6.07, 6.45) is 4.49. The van der Waals surface area contributed by atoms with E-state index in [-0.39, 0.29) is 17.8 Å². The van der Waals surface area contributed by atoms with Crippen molar-refractivity contribution in [1.29, 1.82) is 0 Å². The van der Waals surface area contributed by atoms with Crippen LogP contribution in [0.5, 0.6) is 0 Å². The fourth-order valence-electron chi connectivity index (χ4n) is 2.77. The van der Waals surface area contributed by atoms with Crippen LogP contribution in [-0.4, -0.2) is 42.4 Å². The van der Waals surface area contributed by atoms with E-state index in [9.17, 15) is 9.59 Å². The first-order valence-electron chi connectivity index (χ1n) is 8.05. The van der Waals surface area contributed by atoms with Crippen LogP contribution in [0.4, 0.5) is 0 Å². The zero-order chi connectivity index (χ0) is 18.8. The topological polar surface area (TPSA) is 105 Å². The van der Waals surface area contributed by atoms with Crippen LogP contribution in [0.2, 0.25) is 0 Å². The van der Waals surface area contributed by atoms with Crippen molar-refractivity contribution >= 4 is 17.1 Å². The second-order valence-corrected chi connectivity index (χ2v) is 5.68. The molecule has 0 radical (unpaired) electrons. The van der Waals surface area contributed by atoms with Crippen molar-refractivity contribution in [3.8, 4) is 5.69 Å². The molecule has 0 saturated heterocycles. The number of carbonyl (C=O) groups excluding carboxylic acids is 1. The van der Waals surface area contributed by atoms with Gasteiger partial charge in [-0.05, 0) is 30.3 Å². The number of pyridine rings is 1. The maximum absolute atomic E-state index is 13.1. The molecule has 134 valence electrons. The number of esters is 1. The molecule has 0 aliphatic rings. The quantitative estimate of drug-likeness (QED) is 0.502. The molecule has 0 spiro atoms. The van der Waals surface area contributed by atoms with Gasteiger partial charge in [-0.15, -0.1) is 0 Å². The molecule has 4 rings (SSSR count). The van der Waals surface area contributed by atoms with Gasteiger partial charge in [-0.25, -0.2) is 24.4 Å². The summed E-state index contributed by atoms with van der Waals surface area (Å²) in [5.41, 5.74) is 1.71. The normalized spacial score (nSPS) is 10.9. The number of aromatic nitrogens is 6. The minimum absolute atomic E-state index is 0.167. The summed E-state index contributed by atoms with van der Waals surface area (Å²) in [6.45, 7) is 0.167. The third kappa shape index (κ3) is 3.06. The smallest absolute Gasteiger partial charge is 0.337 e. The first kappa shape index (κ1) is 16.6. The molecule has 0 atom stereocenters. The maximum atomic E-state index is 13.1. The molecule has 27 heavy (non-hydrogen) atoms. The van der Waals surface area contributed by atoms with E-state index in [1.807, 2.05) is 0 Å². The van der Waals surface area contributed by atoms with Gasteiger partial charge in [0.05, 0.1) is 24.9 Å². The first-order valence-corrected chi connectivity index (χ1v) is 8.05. The van der Waals surface area contributed by atoms with Crippen molar-refractivity contribution in [2.45, 2.75) is 6.54 Å². The summed E-state index contributed by atoms with van der Waals surface area (Å²) < 4.78 is 7.71. The molecule has 0 saturated carbocycles. The van der Waals surface area contributed by atoms with Crippen LogP contribution in [-0.2, 0) is 11.3 Å². The number of fused-ring (bicyclic) bond motifs is 1. The number of hydrogen-bond donors (Lipinski definition) is 0. The van der Waals surface area contributed by atoms with Gasteiger partial charge in [-0.3, -0.25) is 9.36 Å². The van der Waals surface area contributed by atoms with Gasteiger partial charge in [0.25, 0.3) is 5.56 Å². The Morgan fingerprint density at radius 1 is 1.22 bits per heavy atom. The third-order valence-corrected chi connectivity index (χ3v) is 3.99. The number of hydrogen-bond acceptors (Lipinski definition) is 7. The highest BCUT2D eigenvalue weighted by molar-refractivity contribution is 5.90. The molecular weight excluding hydrogens is 348 g/mol. The van der Waals surface area contributed by atoms with Crippen LogP contribution in [0.1, 0.15) is 16.1 Å². The second-order valence-electron chi connectivity index (χ2n) is 5.68. The lowest BCUT2D eigenvalue weighted by atomic mass is 10.2. The van der Waals surface area contributed by atoms with E-state index in [4.69, 9.17) is 4.74 Å². The van der Waals surface area contributed by atoms with Crippen molar-refractivity contribution < 1.29 is 9.53 Å². The Labute approximate surface area is 152 Å². The van der Waals surface area contributed by atoms with E-state index in [0.29, 0.717) is 22.4 Å². The largest absolute Gasteiger partial charge is 0.465 e. The molecule has 0 aliphatic carbocycles. The van der Waals surface area contributed by atoms with Gasteiger partial charge in [0.2, 0.25) is 0 Å². The van der Waals surface area contributed by atoms with Crippen LogP contribution < -0.4 is 5.56 Å². The second kappa shape index (κ2) is 6.79. The minimum atomic E-state index is -0.487. The molecule has 0 N–H and O–H groups in total. The van der Waals surface area contributed by atoms with E-state index < -0.39 is 5.97 Å². The Balaban J connectivity index is 1.95. The van der Waals surface area contributed by atoms with E-state index in [1.165, 1.54) is 29.0 Å². The number of rotatable bonds is 4. The van der Waals surface area contributed by atoms with Gasteiger partial charge in [-0.2, -0.15) is 5.10 Å². The van der Waals surface area contributed by atoms with E-state index in [2.05, 4.69) is 20.1 Å². The summed E-state index contributed by atoms with van der Waals surface area (Å²) in [5.74, 6) is -0.487. The first-order chi connectivity index (χ1) is 13.2. The molecular formula is C18H14N6O3. The molecule has 3 aromatic heterocycles. The fourth-order valence-corrected chi connectivity index (χ4v) is 2.77. The van der Waals surface area contributed by atoms with Crippen molar-refractivity contribution in [2.24, 2.45) is 0 Å². The summed E-state index contributed by atoms with van der Waals surface area (Å²) in [7, 11) is 1.31. The van der Waals surface area contributed by atoms with Crippen molar-refractivity contribution in [3.63, 3.8) is 0 Å². The lowest BCUT2D eigenvalue weighted by Gasteiger charge is -2.12.